The Morgan fingerprint density at radius 2 is 2.26 bits per heavy atom. The fourth-order valence-electron chi connectivity index (χ4n) is 1.55. The van der Waals surface area contributed by atoms with E-state index in [4.69, 9.17) is 11.6 Å². The van der Waals surface area contributed by atoms with Crippen molar-refractivity contribution in [3.8, 4) is 0 Å². The molecule has 0 saturated carbocycles. The molecular formula is C13H14ClN3OS. The molecule has 1 heterocycles. The highest BCUT2D eigenvalue weighted by Gasteiger charge is 2.14. The minimum Gasteiger partial charge on any atom is -0.374 e. The van der Waals surface area contributed by atoms with Gasteiger partial charge in [-0.2, -0.15) is 0 Å². The van der Waals surface area contributed by atoms with Gasteiger partial charge in [0.15, 0.2) is 5.13 Å². The van der Waals surface area contributed by atoms with Crippen molar-refractivity contribution in [2.75, 3.05) is 10.6 Å². The van der Waals surface area contributed by atoms with Crippen LogP contribution in [0.25, 0.3) is 0 Å². The Labute approximate surface area is 120 Å². The zero-order chi connectivity index (χ0) is 13.8. The van der Waals surface area contributed by atoms with E-state index in [2.05, 4.69) is 15.6 Å². The number of amides is 1. The first-order valence-corrected chi connectivity index (χ1v) is 7.05. The highest BCUT2D eigenvalue weighted by Crippen LogP contribution is 2.21. The number of anilines is 2. The first kappa shape index (κ1) is 13.8. The third-order valence-corrected chi connectivity index (χ3v) is 3.55. The second-order valence-electron chi connectivity index (χ2n) is 4.15. The smallest absolute Gasteiger partial charge is 0.248 e. The van der Waals surface area contributed by atoms with Crippen LogP contribution in [0.5, 0.6) is 0 Å². The van der Waals surface area contributed by atoms with Gasteiger partial charge < -0.3 is 10.6 Å². The van der Waals surface area contributed by atoms with E-state index < -0.39 is 0 Å². The molecule has 0 aliphatic carbocycles. The van der Waals surface area contributed by atoms with Crippen LogP contribution in [0.2, 0.25) is 5.02 Å². The van der Waals surface area contributed by atoms with Gasteiger partial charge in [0.05, 0.1) is 0 Å². The Kier molecular flexibility index (Phi) is 4.39. The predicted molar refractivity (Wildman–Crippen MR) is 80.0 cm³/mol. The van der Waals surface area contributed by atoms with Gasteiger partial charge in [0, 0.05) is 22.3 Å². The highest BCUT2D eigenvalue weighted by molar-refractivity contribution is 7.13. The topological polar surface area (TPSA) is 54.0 Å². The SMILES string of the molecule is Cc1ccc(Cl)cc1N[C@H](C)C(=O)Nc1nccs1. The van der Waals surface area contributed by atoms with E-state index in [9.17, 15) is 4.79 Å². The number of nitrogens with zero attached hydrogens (tertiary/aromatic N) is 1. The molecule has 0 unspecified atom stereocenters. The normalized spacial score (nSPS) is 11.9. The second-order valence-corrected chi connectivity index (χ2v) is 5.48. The van der Waals surface area contributed by atoms with Crippen molar-refractivity contribution in [3.63, 3.8) is 0 Å². The molecule has 2 aromatic rings. The number of benzene rings is 1. The van der Waals surface area contributed by atoms with Crippen molar-refractivity contribution in [1.29, 1.82) is 0 Å². The molecule has 0 spiro atoms. The largest absolute Gasteiger partial charge is 0.374 e. The van der Waals surface area contributed by atoms with Gasteiger partial charge in [-0.3, -0.25) is 4.79 Å². The number of aromatic nitrogens is 1. The van der Waals surface area contributed by atoms with Crippen LogP contribution in [-0.2, 0) is 4.79 Å². The Bertz CT molecular complexity index is 571. The zero-order valence-electron chi connectivity index (χ0n) is 10.6. The molecule has 1 aromatic carbocycles. The maximum atomic E-state index is 12.0. The first-order valence-electron chi connectivity index (χ1n) is 5.79. The molecule has 0 radical (unpaired) electrons. The summed E-state index contributed by atoms with van der Waals surface area (Å²) in [5.41, 5.74) is 1.90. The van der Waals surface area contributed by atoms with Crippen molar-refractivity contribution >= 4 is 39.7 Å². The lowest BCUT2D eigenvalue weighted by molar-refractivity contribution is -0.116. The minimum atomic E-state index is -0.374. The molecule has 2 N–H and O–H groups in total. The average Bonchev–Trinajstić information content (AvgIpc) is 2.86. The number of halogens is 1. The van der Waals surface area contributed by atoms with Gasteiger partial charge in [-0.25, -0.2) is 4.98 Å². The zero-order valence-corrected chi connectivity index (χ0v) is 12.2. The molecule has 1 aromatic heterocycles. The van der Waals surface area contributed by atoms with Crippen LogP contribution in [0.1, 0.15) is 12.5 Å². The summed E-state index contributed by atoms with van der Waals surface area (Å²) in [6.07, 6.45) is 1.65. The van der Waals surface area contributed by atoms with Gasteiger partial charge in [-0.05, 0) is 31.5 Å². The minimum absolute atomic E-state index is 0.130. The van der Waals surface area contributed by atoms with Gasteiger partial charge in [-0.1, -0.05) is 17.7 Å². The van der Waals surface area contributed by atoms with Crippen LogP contribution < -0.4 is 10.6 Å². The summed E-state index contributed by atoms with van der Waals surface area (Å²) in [7, 11) is 0. The molecule has 0 bridgehead atoms. The molecule has 1 amide bonds. The average molecular weight is 296 g/mol. The lowest BCUT2D eigenvalue weighted by atomic mass is 10.2. The van der Waals surface area contributed by atoms with E-state index >= 15 is 0 Å². The van der Waals surface area contributed by atoms with Crippen molar-refractivity contribution in [1.82, 2.24) is 4.98 Å². The molecular weight excluding hydrogens is 282 g/mol. The number of hydrogen-bond acceptors (Lipinski definition) is 4. The molecule has 0 aliphatic heterocycles. The number of carbonyl (C=O) groups is 1. The van der Waals surface area contributed by atoms with Gasteiger partial charge in [-0.15, -0.1) is 11.3 Å². The maximum Gasteiger partial charge on any atom is 0.248 e. The van der Waals surface area contributed by atoms with Crippen LogP contribution in [0.4, 0.5) is 10.8 Å². The Morgan fingerprint density at radius 3 is 2.95 bits per heavy atom. The van der Waals surface area contributed by atoms with Crippen molar-refractivity contribution < 1.29 is 4.79 Å². The molecule has 6 heteroatoms. The van der Waals surface area contributed by atoms with Crippen LogP contribution in [0.15, 0.2) is 29.8 Å². The Balaban J connectivity index is 2.02. The molecule has 0 saturated heterocycles. The highest BCUT2D eigenvalue weighted by atomic mass is 35.5. The molecule has 19 heavy (non-hydrogen) atoms. The fourth-order valence-corrected chi connectivity index (χ4v) is 2.25. The van der Waals surface area contributed by atoms with E-state index in [-0.39, 0.29) is 11.9 Å². The second kappa shape index (κ2) is 6.04. The number of carbonyl (C=O) groups excluding carboxylic acids is 1. The number of hydrogen-bond donors (Lipinski definition) is 2. The van der Waals surface area contributed by atoms with Gasteiger partial charge in [0.1, 0.15) is 6.04 Å². The number of nitrogens with one attached hydrogen (secondary N) is 2. The summed E-state index contributed by atoms with van der Waals surface area (Å²) in [6.45, 7) is 3.76. The monoisotopic (exact) mass is 295 g/mol. The van der Waals surface area contributed by atoms with E-state index in [0.29, 0.717) is 10.2 Å². The summed E-state index contributed by atoms with van der Waals surface area (Å²) in [6, 6.07) is 5.17. The molecule has 1 atom stereocenters. The lowest BCUT2D eigenvalue weighted by Crippen LogP contribution is -2.32. The fraction of sp³-hybridized carbons (Fsp3) is 0.231. The summed E-state index contributed by atoms with van der Waals surface area (Å²) in [5.74, 6) is -0.130. The summed E-state index contributed by atoms with van der Waals surface area (Å²) in [4.78, 5) is 16.0. The van der Waals surface area contributed by atoms with Crippen molar-refractivity contribution in [2.45, 2.75) is 19.9 Å². The summed E-state index contributed by atoms with van der Waals surface area (Å²) < 4.78 is 0. The van der Waals surface area contributed by atoms with Crippen LogP contribution in [0, 0.1) is 6.92 Å². The summed E-state index contributed by atoms with van der Waals surface area (Å²) >= 11 is 7.33. The quantitative estimate of drug-likeness (QED) is 0.907. The molecule has 2 rings (SSSR count). The molecule has 0 aliphatic rings. The molecule has 0 fully saturated rings. The van der Waals surface area contributed by atoms with Gasteiger partial charge in [0.2, 0.25) is 5.91 Å². The number of thiazole rings is 1. The van der Waals surface area contributed by atoms with Gasteiger partial charge in [0.25, 0.3) is 0 Å². The Hall–Kier alpha value is -1.59. The van der Waals surface area contributed by atoms with E-state index in [1.165, 1.54) is 11.3 Å². The number of aryl methyl sites for hydroxylation is 1. The molecule has 100 valence electrons. The maximum absolute atomic E-state index is 12.0. The standard InChI is InChI=1S/C13H14ClN3OS/c1-8-3-4-10(14)7-11(8)16-9(2)12(18)17-13-15-5-6-19-13/h3-7,9,16H,1-2H3,(H,15,17,18)/t9-/m1/s1. The predicted octanol–water partition coefficient (Wildman–Crippen LogP) is 3.54. The molecule has 4 nitrogen and oxygen atoms in total. The Morgan fingerprint density at radius 1 is 1.47 bits per heavy atom. The van der Waals surface area contributed by atoms with E-state index in [1.54, 1.807) is 13.1 Å². The van der Waals surface area contributed by atoms with Crippen LogP contribution in [-0.4, -0.2) is 16.9 Å². The third kappa shape index (κ3) is 3.68. The van der Waals surface area contributed by atoms with Crippen LogP contribution >= 0.6 is 22.9 Å². The first-order chi connectivity index (χ1) is 9.06. The van der Waals surface area contributed by atoms with Crippen LogP contribution in [0.3, 0.4) is 0 Å². The van der Waals surface area contributed by atoms with Crippen molar-refractivity contribution in [2.24, 2.45) is 0 Å². The lowest BCUT2D eigenvalue weighted by Gasteiger charge is -2.16. The van der Waals surface area contributed by atoms with E-state index in [1.807, 2.05) is 30.5 Å². The van der Waals surface area contributed by atoms with Crippen molar-refractivity contribution in [3.05, 3.63) is 40.4 Å². The van der Waals surface area contributed by atoms with Gasteiger partial charge >= 0.3 is 0 Å². The summed E-state index contributed by atoms with van der Waals surface area (Å²) in [5, 5.41) is 8.94. The third-order valence-electron chi connectivity index (χ3n) is 2.63. The van der Waals surface area contributed by atoms with E-state index in [0.717, 1.165) is 11.3 Å². The number of rotatable bonds is 4.